The van der Waals surface area contributed by atoms with Gasteiger partial charge in [0.15, 0.2) is 5.82 Å². The fraction of sp³-hybridized carbons (Fsp3) is 0.615. The SMILES string of the molecule is CCOc1ncnc(N2CCC(CC(N)=O)CC2)c1N. The monoisotopic (exact) mass is 279 g/mol. The first kappa shape index (κ1) is 14.4. The van der Waals surface area contributed by atoms with Crippen molar-refractivity contribution in [3.8, 4) is 5.88 Å². The topological polar surface area (TPSA) is 107 Å². The maximum Gasteiger partial charge on any atom is 0.242 e. The fourth-order valence-electron chi connectivity index (χ4n) is 2.51. The summed E-state index contributed by atoms with van der Waals surface area (Å²) < 4.78 is 5.38. The van der Waals surface area contributed by atoms with Crippen molar-refractivity contribution in [2.24, 2.45) is 11.7 Å². The maximum absolute atomic E-state index is 10.9. The van der Waals surface area contributed by atoms with E-state index in [0.717, 1.165) is 25.9 Å². The fourth-order valence-corrected chi connectivity index (χ4v) is 2.51. The summed E-state index contributed by atoms with van der Waals surface area (Å²) in [6, 6.07) is 0. The molecule has 1 fully saturated rings. The van der Waals surface area contributed by atoms with Gasteiger partial charge < -0.3 is 21.1 Å². The number of carbonyl (C=O) groups is 1. The van der Waals surface area contributed by atoms with E-state index in [0.29, 0.717) is 36.3 Å². The molecular formula is C13H21N5O2. The number of hydrogen-bond donors (Lipinski definition) is 2. The zero-order chi connectivity index (χ0) is 14.5. The van der Waals surface area contributed by atoms with E-state index < -0.39 is 0 Å². The molecule has 7 heteroatoms. The molecule has 0 unspecified atom stereocenters. The van der Waals surface area contributed by atoms with Crippen molar-refractivity contribution in [3.05, 3.63) is 6.33 Å². The van der Waals surface area contributed by atoms with Gasteiger partial charge >= 0.3 is 0 Å². The number of anilines is 2. The summed E-state index contributed by atoms with van der Waals surface area (Å²) in [7, 11) is 0. The van der Waals surface area contributed by atoms with Gasteiger partial charge in [0.1, 0.15) is 12.0 Å². The standard InChI is InChI=1S/C13H21N5O2/c1-2-20-13-11(15)12(16-8-17-13)18-5-3-9(4-6-18)7-10(14)19/h8-9H,2-7,15H2,1H3,(H2,14,19). The minimum absolute atomic E-state index is 0.233. The molecule has 0 saturated carbocycles. The van der Waals surface area contributed by atoms with E-state index in [1.807, 2.05) is 6.92 Å². The largest absolute Gasteiger partial charge is 0.476 e. The zero-order valence-corrected chi connectivity index (χ0v) is 11.7. The average Bonchev–Trinajstić information content (AvgIpc) is 2.42. The highest BCUT2D eigenvalue weighted by atomic mass is 16.5. The van der Waals surface area contributed by atoms with Crippen molar-refractivity contribution in [3.63, 3.8) is 0 Å². The summed E-state index contributed by atoms with van der Waals surface area (Å²) in [6.45, 7) is 4.02. The number of nitrogen functional groups attached to an aromatic ring is 1. The normalized spacial score (nSPS) is 16.1. The second kappa shape index (κ2) is 6.40. The summed E-state index contributed by atoms with van der Waals surface area (Å²) >= 11 is 0. The summed E-state index contributed by atoms with van der Waals surface area (Å²) in [6.07, 6.45) is 3.75. The number of nitrogens with two attached hydrogens (primary N) is 2. The van der Waals surface area contributed by atoms with E-state index in [4.69, 9.17) is 16.2 Å². The van der Waals surface area contributed by atoms with Gasteiger partial charge in [0.05, 0.1) is 6.61 Å². The van der Waals surface area contributed by atoms with Crippen molar-refractivity contribution in [2.75, 3.05) is 30.3 Å². The van der Waals surface area contributed by atoms with Gasteiger partial charge in [-0.25, -0.2) is 4.98 Å². The van der Waals surface area contributed by atoms with Crippen molar-refractivity contribution in [1.82, 2.24) is 9.97 Å². The molecule has 1 aliphatic heterocycles. The van der Waals surface area contributed by atoms with E-state index in [2.05, 4.69) is 14.9 Å². The third kappa shape index (κ3) is 3.28. The molecule has 0 radical (unpaired) electrons. The molecule has 20 heavy (non-hydrogen) atoms. The van der Waals surface area contributed by atoms with Gasteiger partial charge in [0.2, 0.25) is 11.8 Å². The van der Waals surface area contributed by atoms with Gasteiger partial charge in [-0.2, -0.15) is 4.98 Å². The first-order valence-electron chi connectivity index (χ1n) is 6.88. The van der Waals surface area contributed by atoms with Crippen LogP contribution in [0.15, 0.2) is 6.33 Å². The number of ether oxygens (including phenoxy) is 1. The Morgan fingerprint density at radius 3 is 2.75 bits per heavy atom. The van der Waals surface area contributed by atoms with E-state index in [1.165, 1.54) is 6.33 Å². The summed E-state index contributed by atoms with van der Waals surface area (Å²) in [5.41, 5.74) is 11.8. The number of carbonyl (C=O) groups excluding carboxylic acids is 1. The number of amides is 1. The lowest BCUT2D eigenvalue weighted by Crippen LogP contribution is -2.36. The lowest BCUT2D eigenvalue weighted by molar-refractivity contribution is -0.119. The summed E-state index contributed by atoms with van der Waals surface area (Å²) in [5, 5.41) is 0. The highest BCUT2D eigenvalue weighted by Gasteiger charge is 2.23. The van der Waals surface area contributed by atoms with Crippen LogP contribution < -0.4 is 21.1 Å². The van der Waals surface area contributed by atoms with Crippen LogP contribution in [0.5, 0.6) is 5.88 Å². The minimum Gasteiger partial charge on any atom is -0.476 e. The number of primary amides is 1. The number of rotatable bonds is 5. The molecule has 0 atom stereocenters. The molecule has 4 N–H and O–H groups in total. The van der Waals surface area contributed by atoms with E-state index >= 15 is 0 Å². The van der Waals surface area contributed by atoms with Crippen molar-refractivity contribution in [2.45, 2.75) is 26.2 Å². The Morgan fingerprint density at radius 2 is 2.15 bits per heavy atom. The molecule has 0 aromatic carbocycles. The molecule has 1 aromatic rings. The Labute approximate surface area is 118 Å². The molecule has 1 aliphatic rings. The smallest absolute Gasteiger partial charge is 0.242 e. The first-order valence-corrected chi connectivity index (χ1v) is 6.88. The predicted molar refractivity (Wildman–Crippen MR) is 76.4 cm³/mol. The quantitative estimate of drug-likeness (QED) is 0.815. The molecule has 7 nitrogen and oxygen atoms in total. The Hall–Kier alpha value is -2.05. The lowest BCUT2D eigenvalue weighted by Gasteiger charge is -2.32. The van der Waals surface area contributed by atoms with Crippen LogP contribution in [-0.4, -0.2) is 35.6 Å². The molecule has 1 amide bonds. The highest BCUT2D eigenvalue weighted by molar-refractivity contribution is 5.74. The van der Waals surface area contributed by atoms with Gasteiger partial charge in [-0.05, 0) is 25.7 Å². The number of piperidine rings is 1. The Morgan fingerprint density at radius 1 is 1.45 bits per heavy atom. The maximum atomic E-state index is 10.9. The van der Waals surface area contributed by atoms with Crippen LogP contribution in [0.1, 0.15) is 26.2 Å². The van der Waals surface area contributed by atoms with Gasteiger partial charge in [-0.15, -0.1) is 0 Å². The predicted octanol–water partition coefficient (Wildman–Crippen LogP) is 0.549. The minimum atomic E-state index is -0.233. The number of hydrogen-bond acceptors (Lipinski definition) is 6. The van der Waals surface area contributed by atoms with Crippen LogP contribution >= 0.6 is 0 Å². The third-order valence-corrected chi connectivity index (χ3v) is 3.51. The molecule has 110 valence electrons. The van der Waals surface area contributed by atoms with Crippen molar-refractivity contribution >= 4 is 17.4 Å². The lowest BCUT2D eigenvalue weighted by atomic mass is 9.93. The zero-order valence-electron chi connectivity index (χ0n) is 11.7. The first-order chi connectivity index (χ1) is 9.61. The molecule has 1 saturated heterocycles. The van der Waals surface area contributed by atoms with Crippen LogP contribution in [0.3, 0.4) is 0 Å². The second-order valence-electron chi connectivity index (χ2n) is 4.95. The molecule has 0 aliphatic carbocycles. The Kier molecular flexibility index (Phi) is 4.60. The molecular weight excluding hydrogens is 258 g/mol. The molecule has 1 aromatic heterocycles. The van der Waals surface area contributed by atoms with Gasteiger partial charge in [0, 0.05) is 19.5 Å². The van der Waals surface area contributed by atoms with E-state index in [1.54, 1.807) is 0 Å². The number of aromatic nitrogens is 2. The van der Waals surface area contributed by atoms with Gasteiger partial charge in [-0.3, -0.25) is 4.79 Å². The van der Waals surface area contributed by atoms with E-state index in [9.17, 15) is 4.79 Å². The van der Waals surface area contributed by atoms with Crippen LogP contribution in [0.2, 0.25) is 0 Å². The van der Waals surface area contributed by atoms with Gasteiger partial charge in [-0.1, -0.05) is 0 Å². The molecule has 2 heterocycles. The van der Waals surface area contributed by atoms with Crippen LogP contribution in [-0.2, 0) is 4.79 Å². The van der Waals surface area contributed by atoms with Crippen LogP contribution in [0.4, 0.5) is 11.5 Å². The Bertz CT molecular complexity index is 472. The molecule has 0 bridgehead atoms. The van der Waals surface area contributed by atoms with Crippen molar-refractivity contribution in [1.29, 1.82) is 0 Å². The third-order valence-electron chi connectivity index (χ3n) is 3.51. The summed E-state index contributed by atoms with van der Waals surface area (Å²) in [4.78, 5) is 21.3. The van der Waals surface area contributed by atoms with Gasteiger partial charge in [0.25, 0.3) is 0 Å². The summed E-state index contributed by atoms with van der Waals surface area (Å²) in [5.74, 6) is 1.26. The molecule has 2 rings (SSSR count). The van der Waals surface area contributed by atoms with Crippen molar-refractivity contribution < 1.29 is 9.53 Å². The van der Waals surface area contributed by atoms with E-state index in [-0.39, 0.29) is 5.91 Å². The average molecular weight is 279 g/mol. The number of nitrogens with zero attached hydrogens (tertiary/aromatic N) is 3. The van der Waals surface area contributed by atoms with Crippen LogP contribution in [0, 0.1) is 5.92 Å². The highest BCUT2D eigenvalue weighted by Crippen LogP contribution is 2.31. The Balaban J connectivity index is 2.03. The molecule has 0 spiro atoms. The van der Waals surface area contributed by atoms with Crippen LogP contribution in [0.25, 0.3) is 0 Å². The second-order valence-corrected chi connectivity index (χ2v) is 4.95.